The first-order valence-corrected chi connectivity index (χ1v) is 8.10. The zero-order valence-electron chi connectivity index (χ0n) is 13.3. The van der Waals surface area contributed by atoms with Crippen LogP contribution in [0.3, 0.4) is 0 Å². The number of halogens is 1. The van der Waals surface area contributed by atoms with Crippen LogP contribution in [0.2, 0.25) is 5.02 Å². The fourth-order valence-electron chi connectivity index (χ4n) is 2.54. The van der Waals surface area contributed by atoms with Gasteiger partial charge in [0, 0.05) is 28.4 Å². The first-order chi connectivity index (χ1) is 11.1. The molecule has 0 unspecified atom stereocenters. The van der Waals surface area contributed by atoms with E-state index in [9.17, 15) is 0 Å². The van der Waals surface area contributed by atoms with E-state index < -0.39 is 0 Å². The van der Waals surface area contributed by atoms with E-state index in [1.807, 2.05) is 49.4 Å². The van der Waals surface area contributed by atoms with Gasteiger partial charge >= 0.3 is 0 Å². The van der Waals surface area contributed by atoms with Gasteiger partial charge in [0.05, 0.1) is 0 Å². The largest absolute Gasteiger partial charge is 0.457 e. The molecule has 2 aromatic carbocycles. The van der Waals surface area contributed by atoms with Gasteiger partial charge in [-0.1, -0.05) is 35.4 Å². The van der Waals surface area contributed by atoms with Gasteiger partial charge in [0.2, 0.25) is 0 Å². The summed E-state index contributed by atoms with van der Waals surface area (Å²) in [5.74, 6) is 1.62. The Kier molecular flexibility index (Phi) is 4.77. The average Bonchev–Trinajstić information content (AvgIpc) is 2.94. The van der Waals surface area contributed by atoms with Gasteiger partial charge in [-0.05, 0) is 51.0 Å². The molecule has 1 aliphatic heterocycles. The first-order valence-electron chi connectivity index (χ1n) is 7.72. The van der Waals surface area contributed by atoms with E-state index >= 15 is 0 Å². The molecule has 1 heterocycles. The maximum atomic E-state index is 6.39. The molecule has 118 valence electrons. The second-order valence-corrected chi connectivity index (χ2v) is 6.22. The molecule has 3 rings (SSSR count). The highest BCUT2D eigenvalue weighted by atomic mass is 35.5. The second-order valence-electron chi connectivity index (χ2n) is 5.81. The van der Waals surface area contributed by atoms with Gasteiger partial charge in [-0.2, -0.15) is 10.2 Å². The van der Waals surface area contributed by atoms with Gasteiger partial charge in [-0.25, -0.2) is 0 Å². The molecule has 0 fully saturated rings. The van der Waals surface area contributed by atoms with Crippen LogP contribution in [-0.4, -0.2) is 11.4 Å². The van der Waals surface area contributed by atoms with Crippen LogP contribution in [0, 0.1) is 6.92 Å². The summed E-state index contributed by atoms with van der Waals surface area (Å²) < 4.78 is 6.03. The van der Waals surface area contributed by atoms with Crippen molar-refractivity contribution in [2.75, 3.05) is 0 Å². The molecule has 0 radical (unpaired) electrons. The van der Waals surface area contributed by atoms with E-state index in [-0.39, 0.29) is 0 Å². The number of ether oxygens (including phenoxy) is 1. The number of aryl methyl sites for hydroxylation is 1. The molecule has 0 aromatic heterocycles. The fraction of sp³-hybridized carbons (Fsp3) is 0.263. The SMILES string of the molecule is CC1=NN=C(CCc2c(Cl)cccc2Oc2ccc(C)cc2)C1. The lowest BCUT2D eigenvalue weighted by atomic mass is 10.0. The molecule has 23 heavy (non-hydrogen) atoms. The van der Waals surface area contributed by atoms with Gasteiger partial charge in [0.1, 0.15) is 11.5 Å². The number of rotatable bonds is 5. The van der Waals surface area contributed by atoms with Crippen LogP contribution in [-0.2, 0) is 6.42 Å². The van der Waals surface area contributed by atoms with Crippen molar-refractivity contribution in [2.24, 2.45) is 10.2 Å². The van der Waals surface area contributed by atoms with Crippen molar-refractivity contribution < 1.29 is 4.74 Å². The lowest BCUT2D eigenvalue weighted by Crippen LogP contribution is -2.02. The number of benzene rings is 2. The van der Waals surface area contributed by atoms with E-state index in [1.54, 1.807) is 0 Å². The van der Waals surface area contributed by atoms with Gasteiger partial charge in [0.15, 0.2) is 0 Å². The van der Waals surface area contributed by atoms with Crippen LogP contribution in [0.15, 0.2) is 52.7 Å². The van der Waals surface area contributed by atoms with E-state index in [0.717, 1.165) is 52.8 Å². The van der Waals surface area contributed by atoms with Crippen LogP contribution in [0.5, 0.6) is 11.5 Å². The third-order valence-corrected chi connectivity index (χ3v) is 4.16. The molecule has 2 aromatic rings. The molecular weight excluding hydrogens is 308 g/mol. The van der Waals surface area contributed by atoms with Crippen molar-refractivity contribution in [3.05, 3.63) is 58.6 Å². The number of hydrogen-bond donors (Lipinski definition) is 0. The predicted octanol–water partition coefficient (Wildman–Crippen LogP) is 5.59. The fourth-order valence-corrected chi connectivity index (χ4v) is 2.80. The van der Waals surface area contributed by atoms with Crippen LogP contribution in [0.1, 0.15) is 30.9 Å². The highest BCUT2D eigenvalue weighted by Gasteiger charge is 2.13. The molecule has 0 saturated carbocycles. The predicted molar refractivity (Wildman–Crippen MR) is 96.2 cm³/mol. The van der Waals surface area contributed by atoms with E-state index in [0.29, 0.717) is 0 Å². The average molecular weight is 327 g/mol. The van der Waals surface area contributed by atoms with Crippen molar-refractivity contribution >= 4 is 23.0 Å². The molecule has 0 saturated heterocycles. The summed E-state index contributed by atoms with van der Waals surface area (Å²) in [6, 6.07) is 13.8. The summed E-state index contributed by atoms with van der Waals surface area (Å²) in [6.07, 6.45) is 2.50. The number of hydrogen-bond acceptors (Lipinski definition) is 3. The standard InChI is InChI=1S/C19H19ClN2O/c1-13-6-9-16(10-7-13)23-19-5-3-4-18(20)17(19)11-8-15-12-14(2)21-22-15/h3-7,9-10H,8,11-12H2,1-2H3. The minimum Gasteiger partial charge on any atom is -0.457 e. The third kappa shape index (κ3) is 3.99. The van der Waals surface area contributed by atoms with Gasteiger partial charge < -0.3 is 4.74 Å². The molecule has 4 heteroatoms. The molecule has 0 aliphatic carbocycles. The van der Waals surface area contributed by atoms with Crippen molar-refractivity contribution in [3.63, 3.8) is 0 Å². The molecule has 1 aliphatic rings. The summed E-state index contributed by atoms with van der Waals surface area (Å²) in [4.78, 5) is 0. The Balaban J connectivity index is 1.75. The maximum absolute atomic E-state index is 6.39. The molecule has 0 N–H and O–H groups in total. The summed E-state index contributed by atoms with van der Waals surface area (Å²) >= 11 is 6.39. The van der Waals surface area contributed by atoms with Gasteiger partial charge in [0.25, 0.3) is 0 Å². The molecule has 0 spiro atoms. The second kappa shape index (κ2) is 6.97. The Hall–Kier alpha value is -2.13. The van der Waals surface area contributed by atoms with Crippen molar-refractivity contribution in [3.8, 4) is 11.5 Å². The third-order valence-electron chi connectivity index (χ3n) is 3.81. The molecule has 0 amide bonds. The highest BCUT2D eigenvalue weighted by Crippen LogP contribution is 2.32. The lowest BCUT2D eigenvalue weighted by molar-refractivity contribution is 0.476. The molecule has 0 atom stereocenters. The Morgan fingerprint density at radius 1 is 1.00 bits per heavy atom. The Labute approximate surface area is 141 Å². The zero-order chi connectivity index (χ0) is 16.2. The highest BCUT2D eigenvalue weighted by molar-refractivity contribution is 6.31. The van der Waals surface area contributed by atoms with Crippen LogP contribution < -0.4 is 4.74 Å². The van der Waals surface area contributed by atoms with Gasteiger partial charge in [-0.3, -0.25) is 0 Å². The quantitative estimate of drug-likeness (QED) is 0.704. The molecule has 3 nitrogen and oxygen atoms in total. The lowest BCUT2D eigenvalue weighted by Gasteiger charge is -2.13. The minimum atomic E-state index is 0.728. The normalized spacial score (nSPS) is 13.7. The minimum absolute atomic E-state index is 0.728. The summed E-state index contributed by atoms with van der Waals surface area (Å²) in [6.45, 7) is 4.05. The van der Waals surface area contributed by atoms with E-state index in [4.69, 9.17) is 16.3 Å². The summed E-state index contributed by atoms with van der Waals surface area (Å²) in [5, 5.41) is 9.02. The Bertz CT molecular complexity index is 763. The molecular formula is C19H19ClN2O. The van der Waals surface area contributed by atoms with Crippen molar-refractivity contribution in [1.82, 2.24) is 0 Å². The number of nitrogens with zero attached hydrogens (tertiary/aromatic N) is 2. The topological polar surface area (TPSA) is 34.0 Å². The van der Waals surface area contributed by atoms with Crippen LogP contribution in [0.4, 0.5) is 0 Å². The molecule has 0 bridgehead atoms. The van der Waals surface area contributed by atoms with E-state index in [1.165, 1.54) is 5.56 Å². The summed E-state index contributed by atoms with van der Waals surface area (Å²) in [5.41, 5.74) is 4.39. The van der Waals surface area contributed by atoms with E-state index in [2.05, 4.69) is 17.1 Å². The summed E-state index contributed by atoms with van der Waals surface area (Å²) in [7, 11) is 0. The maximum Gasteiger partial charge on any atom is 0.132 e. The van der Waals surface area contributed by atoms with Gasteiger partial charge in [-0.15, -0.1) is 0 Å². The smallest absolute Gasteiger partial charge is 0.132 e. The van der Waals surface area contributed by atoms with Crippen molar-refractivity contribution in [1.29, 1.82) is 0 Å². The van der Waals surface area contributed by atoms with Crippen molar-refractivity contribution in [2.45, 2.75) is 33.1 Å². The first kappa shape index (κ1) is 15.8. The van der Waals surface area contributed by atoms with Crippen LogP contribution >= 0.6 is 11.6 Å². The monoisotopic (exact) mass is 326 g/mol. The Morgan fingerprint density at radius 2 is 1.78 bits per heavy atom. The Morgan fingerprint density at radius 3 is 2.48 bits per heavy atom. The zero-order valence-corrected chi connectivity index (χ0v) is 14.1. The van der Waals surface area contributed by atoms with Crippen LogP contribution in [0.25, 0.3) is 0 Å².